The SMILES string of the molecule is CCNC(CC1CCC1)c1ccccc1. The predicted octanol–water partition coefficient (Wildman–Crippen LogP) is 3.53. The summed E-state index contributed by atoms with van der Waals surface area (Å²) < 4.78 is 0. The third-order valence-corrected chi connectivity index (χ3v) is 3.45. The Morgan fingerprint density at radius 3 is 2.53 bits per heavy atom. The topological polar surface area (TPSA) is 12.0 Å². The van der Waals surface area contributed by atoms with Crippen molar-refractivity contribution in [1.82, 2.24) is 5.32 Å². The van der Waals surface area contributed by atoms with Gasteiger partial charge >= 0.3 is 0 Å². The van der Waals surface area contributed by atoms with Crippen LogP contribution in [-0.2, 0) is 0 Å². The summed E-state index contributed by atoms with van der Waals surface area (Å²) in [6.07, 6.45) is 5.64. The van der Waals surface area contributed by atoms with Crippen molar-refractivity contribution in [2.45, 2.75) is 38.6 Å². The normalized spacial score (nSPS) is 18.5. The van der Waals surface area contributed by atoms with E-state index < -0.39 is 0 Å². The van der Waals surface area contributed by atoms with Crippen LogP contribution in [0.2, 0.25) is 0 Å². The third kappa shape index (κ3) is 2.82. The van der Waals surface area contributed by atoms with Crippen LogP contribution in [-0.4, -0.2) is 6.54 Å². The quantitative estimate of drug-likeness (QED) is 0.772. The summed E-state index contributed by atoms with van der Waals surface area (Å²) in [7, 11) is 0. The molecular formula is C14H21N. The summed E-state index contributed by atoms with van der Waals surface area (Å²) >= 11 is 0. The van der Waals surface area contributed by atoms with Gasteiger partial charge in [-0.05, 0) is 24.4 Å². The van der Waals surface area contributed by atoms with Gasteiger partial charge in [0.25, 0.3) is 0 Å². The number of nitrogens with one attached hydrogen (secondary N) is 1. The smallest absolute Gasteiger partial charge is 0.0322 e. The van der Waals surface area contributed by atoms with E-state index in [2.05, 4.69) is 42.6 Å². The molecule has 0 aliphatic heterocycles. The van der Waals surface area contributed by atoms with Crippen molar-refractivity contribution in [2.24, 2.45) is 5.92 Å². The maximum atomic E-state index is 3.60. The zero-order valence-corrected chi connectivity index (χ0v) is 9.58. The highest BCUT2D eigenvalue weighted by Gasteiger charge is 2.22. The van der Waals surface area contributed by atoms with E-state index in [-0.39, 0.29) is 0 Å². The monoisotopic (exact) mass is 203 g/mol. The molecule has 0 heterocycles. The molecule has 1 fully saturated rings. The van der Waals surface area contributed by atoms with E-state index in [4.69, 9.17) is 0 Å². The van der Waals surface area contributed by atoms with Crippen molar-refractivity contribution >= 4 is 0 Å². The fourth-order valence-electron chi connectivity index (χ4n) is 2.33. The van der Waals surface area contributed by atoms with Gasteiger partial charge in [0, 0.05) is 6.04 Å². The van der Waals surface area contributed by atoms with Crippen molar-refractivity contribution in [3.63, 3.8) is 0 Å². The summed E-state index contributed by atoms with van der Waals surface area (Å²) in [6, 6.07) is 11.4. The number of benzene rings is 1. The Labute approximate surface area is 92.9 Å². The van der Waals surface area contributed by atoms with Crippen LogP contribution in [0.25, 0.3) is 0 Å². The molecule has 0 aromatic heterocycles. The van der Waals surface area contributed by atoms with Crippen LogP contribution in [0.1, 0.15) is 44.2 Å². The van der Waals surface area contributed by atoms with E-state index in [9.17, 15) is 0 Å². The Hall–Kier alpha value is -0.820. The van der Waals surface area contributed by atoms with Gasteiger partial charge in [0.2, 0.25) is 0 Å². The van der Waals surface area contributed by atoms with Crippen molar-refractivity contribution in [2.75, 3.05) is 6.54 Å². The highest BCUT2D eigenvalue weighted by atomic mass is 14.9. The van der Waals surface area contributed by atoms with Crippen molar-refractivity contribution < 1.29 is 0 Å². The van der Waals surface area contributed by atoms with Gasteiger partial charge in [0.1, 0.15) is 0 Å². The van der Waals surface area contributed by atoms with Crippen LogP contribution in [0, 0.1) is 5.92 Å². The molecule has 0 radical (unpaired) electrons. The van der Waals surface area contributed by atoms with Crippen molar-refractivity contribution in [3.8, 4) is 0 Å². The minimum absolute atomic E-state index is 0.571. The van der Waals surface area contributed by atoms with Crippen LogP contribution in [0.5, 0.6) is 0 Å². The highest BCUT2D eigenvalue weighted by Crippen LogP contribution is 2.34. The Morgan fingerprint density at radius 1 is 1.27 bits per heavy atom. The van der Waals surface area contributed by atoms with Gasteiger partial charge in [-0.1, -0.05) is 56.5 Å². The van der Waals surface area contributed by atoms with E-state index in [1.54, 1.807) is 0 Å². The average molecular weight is 203 g/mol. The van der Waals surface area contributed by atoms with Crippen LogP contribution in [0.4, 0.5) is 0 Å². The fraction of sp³-hybridized carbons (Fsp3) is 0.571. The largest absolute Gasteiger partial charge is 0.310 e. The van der Waals surface area contributed by atoms with E-state index in [1.807, 2.05) is 0 Å². The standard InChI is InChI=1S/C14H21N/c1-2-15-14(11-12-7-6-8-12)13-9-4-3-5-10-13/h3-5,9-10,12,14-15H,2,6-8,11H2,1H3. The van der Waals surface area contributed by atoms with Gasteiger partial charge in [-0.2, -0.15) is 0 Å². The second kappa shape index (κ2) is 5.32. The van der Waals surface area contributed by atoms with Gasteiger partial charge in [-0.15, -0.1) is 0 Å². The lowest BCUT2D eigenvalue weighted by Crippen LogP contribution is -2.25. The van der Waals surface area contributed by atoms with E-state index in [0.717, 1.165) is 12.5 Å². The Bertz CT molecular complexity index is 277. The molecule has 1 aromatic carbocycles. The van der Waals surface area contributed by atoms with E-state index in [0.29, 0.717) is 6.04 Å². The summed E-state index contributed by atoms with van der Waals surface area (Å²) in [6.45, 7) is 3.25. The molecule has 2 rings (SSSR count). The molecule has 82 valence electrons. The summed E-state index contributed by atoms with van der Waals surface area (Å²) in [5.74, 6) is 0.967. The summed E-state index contributed by atoms with van der Waals surface area (Å²) in [4.78, 5) is 0. The van der Waals surface area contributed by atoms with Crippen LogP contribution >= 0.6 is 0 Å². The lowest BCUT2D eigenvalue weighted by Gasteiger charge is -2.30. The number of hydrogen-bond acceptors (Lipinski definition) is 1. The molecule has 1 aliphatic carbocycles. The van der Waals surface area contributed by atoms with Gasteiger partial charge in [-0.25, -0.2) is 0 Å². The average Bonchev–Trinajstić information content (AvgIpc) is 2.23. The molecular weight excluding hydrogens is 182 g/mol. The van der Waals surface area contributed by atoms with Crippen LogP contribution in [0.15, 0.2) is 30.3 Å². The van der Waals surface area contributed by atoms with Crippen LogP contribution in [0.3, 0.4) is 0 Å². The molecule has 1 aliphatic rings. The first-order valence-electron chi connectivity index (χ1n) is 6.18. The van der Waals surface area contributed by atoms with Crippen molar-refractivity contribution in [3.05, 3.63) is 35.9 Å². The third-order valence-electron chi connectivity index (χ3n) is 3.45. The van der Waals surface area contributed by atoms with E-state index >= 15 is 0 Å². The minimum Gasteiger partial charge on any atom is -0.310 e. The maximum Gasteiger partial charge on any atom is 0.0322 e. The zero-order chi connectivity index (χ0) is 10.5. The molecule has 1 unspecified atom stereocenters. The van der Waals surface area contributed by atoms with Crippen molar-refractivity contribution in [1.29, 1.82) is 0 Å². The molecule has 1 heteroatoms. The first-order valence-corrected chi connectivity index (χ1v) is 6.18. The van der Waals surface area contributed by atoms with Gasteiger partial charge in [-0.3, -0.25) is 0 Å². The molecule has 1 nitrogen and oxygen atoms in total. The summed E-state index contributed by atoms with van der Waals surface area (Å²) in [5, 5.41) is 3.60. The van der Waals surface area contributed by atoms with Gasteiger partial charge < -0.3 is 5.32 Å². The Kier molecular flexibility index (Phi) is 3.79. The van der Waals surface area contributed by atoms with Gasteiger partial charge in [0.15, 0.2) is 0 Å². The summed E-state index contributed by atoms with van der Waals surface area (Å²) in [5.41, 5.74) is 1.45. The van der Waals surface area contributed by atoms with Gasteiger partial charge in [0.05, 0.1) is 0 Å². The van der Waals surface area contributed by atoms with Crippen LogP contribution < -0.4 is 5.32 Å². The molecule has 1 atom stereocenters. The molecule has 1 aromatic rings. The number of rotatable bonds is 5. The second-order valence-electron chi connectivity index (χ2n) is 4.55. The Morgan fingerprint density at radius 2 is 2.00 bits per heavy atom. The fourth-order valence-corrected chi connectivity index (χ4v) is 2.33. The van der Waals surface area contributed by atoms with E-state index in [1.165, 1.54) is 31.2 Å². The zero-order valence-electron chi connectivity index (χ0n) is 9.58. The molecule has 0 spiro atoms. The second-order valence-corrected chi connectivity index (χ2v) is 4.55. The minimum atomic E-state index is 0.571. The number of hydrogen-bond donors (Lipinski definition) is 1. The molecule has 0 amide bonds. The first-order chi connectivity index (χ1) is 7.40. The molecule has 0 saturated heterocycles. The molecule has 1 saturated carbocycles. The molecule has 15 heavy (non-hydrogen) atoms. The molecule has 1 N–H and O–H groups in total. The highest BCUT2D eigenvalue weighted by molar-refractivity contribution is 5.19. The Balaban J connectivity index is 1.98. The predicted molar refractivity (Wildman–Crippen MR) is 64.8 cm³/mol. The lowest BCUT2D eigenvalue weighted by atomic mass is 9.79. The maximum absolute atomic E-state index is 3.60. The first kappa shape index (κ1) is 10.7. The molecule has 0 bridgehead atoms. The lowest BCUT2D eigenvalue weighted by molar-refractivity contribution is 0.262.